The summed E-state index contributed by atoms with van der Waals surface area (Å²) in [6, 6.07) is 8.67. The summed E-state index contributed by atoms with van der Waals surface area (Å²) in [5.41, 5.74) is 2.29. The Bertz CT molecular complexity index is 1540. The van der Waals surface area contributed by atoms with Crippen molar-refractivity contribution in [2.24, 2.45) is 5.41 Å². The van der Waals surface area contributed by atoms with Gasteiger partial charge in [-0.1, -0.05) is 32.9 Å². The Morgan fingerprint density at radius 3 is 2.61 bits per heavy atom. The molecule has 3 aromatic rings. The number of nitrogens with one attached hydrogen (secondary N) is 2. The van der Waals surface area contributed by atoms with Crippen LogP contribution in [0.15, 0.2) is 41.3 Å². The number of nitrogens with zero attached hydrogens (tertiary/aromatic N) is 5. The first-order valence-electron chi connectivity index (χ1n) is 15.4. The van der Waals surface area contributed by atoms with Gasteiger partial charge < -0.3 is 20.0 Å². The highest BCUT2D eigenvalue weighted by molar-refractivity contribution is 8.01. The minimum atomic E-state index is -0.551. The predicted molar refractivity (Wildman–Crippen MR) is 173 cm³/mol. The van der Waals surface area contributed by atoms with Crippen LogP contribution >= 0.6 is 11.8 Å². The quantitative estimate of drug-likeness (QED) is 0.343. The molecule has 0 aliphatic carbocycles. The van der Waals surface area contributed by atoms with E-state index in [9.17, 15) is 14.4 Å². The van der Waals surface area contributed by atoms with Crippen LogP contribution in [0.25, 0.3) is 11.2 Å². The first kappa shape index (κ1) is 32.0. The van der Waals surface area contributed by atoms with E-state index in [0.29, 0.717) is 50.4 Å². The van der Waals surface area contributed by atoms with E-state index in [1.165, 1.54) is 17.8 Å². The number of anilines is 1. The topological polar surface area (TPSA) is 107 Å². The SMILES string of the molecule is CN(C)CCNc1c(F)cccc1C1S[C@H](CC(=O)N2CCC(n3c(=O)[nH]c4ncccc43)CC2)C(=O)N1CCC(C)(C)C. The molecule has 2 saturated heterocycles. The molecule has 0 saturated carbocycles. The van der Waals surface area contributed by atoms with Crippen molar-refractivity contribution in [1.29, 1.82) is 0 Å². The second-order valence-electron chi connectivity index (χ2n) is 13.2. The number of fused-ring (bicyclic) bond motifs is 1. The molecule has 2 N–H and O–H groups in total. The number of carbonyl (C=O) groups excluding carboxylic acids is 2. The highest BCUT2D eigenvalue weighted by Gasteiger charge is 2.44. The van der Waals surface area contributed by atoms with Gasteiger partial charge >= 0.3 is 5.69 Å². The fraction of sp³-hybridized carbons (Fsp3) is 0.562. The number of hydrogen-bond acceptors (Lipinski definition) is 7. The van der Waals surface area contributed by atoms with Gasteiger partial charge in [0.05, 0.1) is 16.5 Å². The highest BCUT2D eigenvalue weighted by Crippen LogP contribution is 2.47. The molecule has 238 valence electrons. The number of likely N-dealkylation sites (N-methyl/N-ethyl adjacent to an activating group) is 1. The maximum Gasteiger partial charge on any atom is 0.327 e. The number of aromatic nitrogens is 3. The summed E-state index contributed by atoms with van der Waals surface area (Å²) in [5, 5.41) is 2.32. The third kappa shape index (κ3) is 7.12. The number of H-pyrrole nitrogens is 1. The number of imidazole rings is 1. The minimum absolute atomic E-state index is 0.00525. The van der Waals surface area contributed by atoms with E-state index < -0.39 is 10.6 Å². The van der Waals surface area contributed by atoms with Crippen LogP contribution in [-0.2, 0) is 9.59 Å². The highest BCUT2D eigenvalue weighted by atomic mass is 32.2. The van der Waals surface area contributed by atoms with Crippen molar-refractivity contribution in [3.63, 3.8) is 0 Å². The largest absolute Gasteiger partial charge is 0.381 e. The molecule has 10 nitrogen and oxygen atoms in total. The second kappa shape index (κ2) is 13.3. The van der Waals surface area contributed by atoms with Crippen molar-refractivity contribution in [1.82, 2.24) is 29.2 Å². The molecule has 1 aromatic carbocycles. The van der Waals surface area contributed by atoms with Crippen LogP contribution in [0.2, 0.25) is 0 Å². The molecule has 1 unspecified atom stereocenters. The number of pyridine rings is 1. The van der Waals surface area contributed by atoms with Crippen LogP contribution in [0.1, 0.15) is 63.4 Å². The van der Waals surface area contributed by atoms with Crippen LogP contribution < -0.4 is 11.0 Å². The molecule has 2 aromatic heterocycles. The normalized spacial score (nSPS) is 19.8. The summed E-state index contributed by atoms with van der Waals surface area (Å²) in [7, 11) is 3.93. The monoisotopic (exact) mass is 625 g/mol. The third-order valence-electron chi connectivity index (χ3n) is 8.44. The number of benzene rings is 1. The fourth-order valence-corrected chi connectivity index (χ4v) is 7.47. The summed E-state index contributed by atoms with van der Waals surface area (Å²) >= 11 is 1.44. The molecule has 2 atom stereocenters. The third-order valence-corrected chi connectivity index (χ3v) is 9.91. The van der Waals surface area contributed by atoms with E-state index in [1.54, 1.807) is 16.8 Å². The Balaban J connectivity index is 1.29. The summed E-state index contributed by atoms with van der Waals surface area (Å²) in [6.07, 6.45) is 3.81. The van der Waals surface area contributed by atoms with E-state index in [2.05, 4.69) is 36.1 Å². The van der Waals surface area contributed by atoms with Gasteiger partial charge in [0.15, 0.2) is 5.65 Å². The first-order chi connectivity index (χ1) is 20.9. The molecule has 12 heteroatoms. The Labute approximate surface area is 262 Å². The number of amides is 2. The van der Waals surface area contributed by atoms with Crippen molar-refractivity contribution < 1.29 is 14.0 Å². The zero-order chi connectivity index (χ0) is 31.6. The number of hydrogen-bond donors (Lipinski definition) is 2. The summed E-state index contributed by atoms with van der Waals surface area (Å²) in [4.78, 5) is 52.8. The maximum atomic E-state index is 15.1. The van der Waals surface area contributed by atoms with Crippen LogP contribution in [0.5, 0.6) is 0 Å². The Morgan fingerprint density at radius 2 is 1.91 bits per heavy atom. The first-order valence-corrected chi connectivity index (χ1v) is 16.3. The lowest BCUT2D eigenvalue weighted by Crippen LogP contribution is -2.42. The molecule has 0 bridgehead atoms. The number of piperidine rings is 1. The van der Waals surface area contributed by atoms with Gasteiger partial charge in [-0.2, -0.15) is 0 Å². The number of rotatable bonds is 10. The van der Waals surface area contributed by atoms with Crippen molar-refractivity contribution in [3.8, 4) is 0 Å². The van der Waals surface area contributed by atoms with Crippen LogP contribution in [-0.4, -0.2) is 93.1 Å². The maximum absolute atomic E-state index is 15.1. The van der Waals surface area contributed by atoms with Gasteiger partial charge in [-0.15, -0.1) is 11.8 Å². The molecule has 2 fully saturated rings. The lowest BCUT2D eigenvalue weighted by molar-refractivity contribution is -0.136. The zero-order valence-corrected chi connectivity index (χ0v) is 27.1. The smallest absolute Gasteiger partial charge is 0.327 e. The fourth-order valence-electron chi connectivity index (χ4n) is 5.97. The van der Waals surface area contributed by atoms with Gasteiger partial charge in [-0.25, -0.2) is 14.2 Å². The van der Waals surface area contributed by atoms with E-state index in [-0.39, 0.29) is 41.2 Å². The molecule has 5 rings (SSSR count). The molecule has 2 aliphatic heterocycles. The van der Waals surface area contributed by atoms with E-state index in [0.717, 1.165) is 24.0 Å². The molecule has 2 amide bonds. The lowest BCUT2D eigenvalue weighted by Gasteiger charge is -2.33. The second-order valence-corrected chi connectivity index (χ2v) is 14.5. The van der Waals surface area contributed by atoms with E-state index >= 15 is 4.39 Å². The van der Waals surface area contributed by atoms with Gasteiger partial charge in [0.25, 0.3) is 0 Å². The number of halogens is 1. The number of thioether (sulfide) groups is 1. The van der Waals surface area contributed by atoms with Crippen LogP contribution in [0.4, 0.5) is 10.1 Å². The molecule has 2 aliphatic rings. The van der Waals surface area contributed by atoms with E-state index in [1.807, 2.05) is 47.0 Å². The van der Waals surface area contributed by atoms with E-state index in [4.69, 9.17) is 0 Å². The average Bonchev–Trinajstić information content (AvgIpc) is 3.47. The Kier molecular flexibility index (Phi) is 9.69. The van der Waals surface area contributed by atoms with Crippen molar-refractivity contribution in [2.75, 3.05) is 52.1 Å². The average molecular weight is 626 g/mol. The van der Waals surface area contributed by atoms with Gasteiger partial charge in [0.2, 0.25) is 11.8 Å². The minimum Gasteiger partial charge on any atom is -0.381 e. The summed E-state index contributed by atoms with van der Waals surface area (Å²) < 4.78 is 16.9. The Morgan fingerprint density at radius 1 is 1.16 bits per heavy atom. The standard InChI is InChI=1S/C32H44FN7O3S/c1-32(2,3)13-18-39-29(42)25(44-30(39)22-8-6-9-23(33)27(22)34-15-19-37(4)5)20-26(41)38-16-11-21(12-17-38)40-24-10-7-14-35-28(24)36-31(40)43/h6-10,14,21,25,30,34H,11-13,15-20H2,1-5H3,(H,35,36,43)/t25-,30?/m1/s1. The van der Waals surface area contributed by atoms with Gasteiger partial charge in [-0.05, 0) is 57.0 Å². The number of para-hydroxylation sites is 1. The van der Waals surface area contributed by atoms with Gasteiger partial charge in [0.1, 0.15) is 11.2 Å². The predicted octanol–water partition coefficient (Wildman–Crippen LogP) is 4.47. The molecular weight excluding hydrogens is 581 g/mol. The summed E-state index contributed by atoms with van der Waals surface area (Å²) in [6.45, 7) is 9.25. The molecule has 0 spiro atoms. The summed E-state index contributed by atoms with van der Waals surface area (Å²) in [5.74, 6) is -0.492. The molecule has 44 heavy (non-hydrogen) atoms. The lowest BCUT2D eigenvalue weighted by atomic mass is 9.92. The molecular formula is C32H44FN7O3S. The van der Waals surface area contributed by atoms with Gasteiger partial charge in [-0.3, -0.25) is 19.1 Å². The number of aromatic amines is 1. The van der Waals surface area contributed by atoms with Crippen LogP contribution in [0.3, 0.4) is 0 Å². The Hall–Kier alpha value is -3.38. The van der Waals surface area contributed by atoms with Crippen molar-refractivity contribution in [3.05, 3.63) is 58.4 Å². The van der Waals surface area contributed by atoms with Crippen molar-refractivity contribution in [2.45, 2.75) is 63.1 Å². The number of carbonyl (C=O) groups is 2. The van der Waals surface area contributed by atoms with Crippen molar-refractivity contribution >= 4 is 40.4 Å². The zero-order valence-electron chi connectivity index (χ0n) is 26.3. The number of likely N-dealkylation sites (tertiary alicyclic amines) is 1. The molecule has 0 radical (unpaired) electrons. The van der Waals surface area contributed by atoms with Gasteiger partial charge in [0, 0.05) is 56.9 Å². The van der Waals surface area contributed by atoms with Crippen LogP contribution in [0, 0.1) is 11.2 Å². The molecule has 4 heterocycles.